The van der Waals surface area contributed by atoms with Crippen molar-refractivity contribution in [3.8, 4) is 11.8 Å². The van der Waals surface area contributed by atoms with Gasteiger partial charge in [-0.1, -0.05) is 24.0 Å². The van der Waals surface area contributed by atoms with Gasteiger partial charge < -0.3 is 9.64 Å². The van der Waals surface area contributed by atoms with Crippen LogP contribution >= 0.6 is 0 Å². The van der Waals surface area contributed by atoms with Gasteiger partial charge in [-0.15, -0.1) is 0 Å². The maximum Gasteiger partial charge on any atom is 0.410 e. The predicted octanol–water partition coefficient (Wildman–Crippen LogP) is 3.69. The third-order valence-electron chi connectivity index (χ3n) is 5.95. The SMILES string of the molecule is CCS(=O)(=O)NC1CCN(C(=O)OCC(C)(F)F)C1Cc1cccc(C#CC2(C)CC2)c1F. The number of halogens is 3. The van der Waals surface area contributed by atoms with Crippen molar-refractivity contribution in [2.24, 2.45) is 5.41 Å². The number of sulfonamides is 1. The van der Waals surface area contributed by atoms with Crippen LogP contribution in [0.25, 0.3) is 0 Å². The fourth-order valence-electron chi connectivity index (χ4n) is 3.65. The van der Waals surface area contributed by atoms with Crippen LogP contribution < -0.4 is 4.72 Å². The minimum atomic E-state index is -3.61. The normalized spacial score (nSPS) is 21.9. The molecule has 2 aliphatic rings. The van der Waals surface area contributed by atoms with Crippen LogP contribution in [-0.2, 0) is 21.2 Å². The Kier molecular flexibility index (Phi) is 7.34. The standard InChI is InChI=1S/C23H29F3N2O4S/c1-4-33(30,31)27-18-9-13-28(21(29)32-15-23(3,25)26)19(18)14-17-7-5-6-16(20(17)24)8-10-22(2)11-12-22/h5-7,18-19,27H,4,9,11-15H2,1-3H3. The summed E-state index contributed by atoms with van der Waals surface area (Å²) in [6.07, 6.45) is 1.18. The Labute approximate surface area is 192 Å². The fourth-order valence-corrected chi connectivity index (χ4v) is 4.55. The lowest BCUT2D eigenvalue weighted by Gasteiger charge is -2.28. The van der Waals surface area contributed by atoms with Crippen LogP contribution in [0.15, 0.2) is 18.2 Å². The van der Waals surface area contributed by atoms with Crippen molar-refractivity contribution in [3.05, 3.63) is 35.1 Å². The Hall–Kier alpha value is -2.25. The molecule has 0 radical (unpaired) electrons. The van der Waals surface area contributed by atoms with E-state index in [0.717, 1.165) is 12.8 Å². The number of nitrogens with one attached hydrogen (secondary N) is 1. The number of ether oxygens (including phenoxy) is 1. The van der Waals surface area contributed by atoms with E-state index in [9.17, 15) is 22.0 Å². The first-order valence-corrected chi connectivity index (χ1v) is 12.6. The van der Waals surface area contributed by atoms with Crippen molar-refractivity contribution in [3.63, 3.8) is 0 Å². The molecule has 2 atom stereocenters. The molecule has 1 aliphatic heterocycles. The molecule has 1 aromatic carbocycles. The molecular formula is C23H29F3N2O4S. The molecule has 1 N–H and O–H groups in total. The maximum atomic E-state index is 15.2. The summed E-state index contributed by atoms with van der Waals surface area (Å²) >= 11 is 0. The largest absolute Gasteiger partial charge is 0.443 e. The van der Waals surface area contributed by atoms with Crippen molar-refractivity contribution in [2.45, 2.75) is 64.5 Å². The molecule has 33 heavy (non-hydrogen) atoms. The predicted molar refractivity (Wildman–Crippen MR) is 118 cm³/mol. The number of hydrogen-bond acceptors (Lipinski definition) is 4. The highest BCUT2D eigenvalue weighted by molar-refractivity contribution is 7.89. The van der Waals surface area contributed by atoms with Gasteiger partial charge in [-0.25, -0.2) is 31.1 Å². The van der Waals surface area contributed by atoms with Crippen LogP contribution in [0.4, 0.5) is 18.0 Å². The van der Waals surface area contributed by atoms with E-state index in [1.54, 1.807) is 18.2 Å². The fraction of sp³-hybridized carbons (Fsp3) is 0.609. The molecule has 2 unspecified atom stereocenters. The summed E-state index contributed by atoms with van der Waals surface area (Å²) in [5, 5.41) is 0. The lowest BCUT2D eigenvalue weighted by molar-refractivity contribution is -0.0460. The van der Waals surface area contributed by atoms with Gasteiger partial charge in [0.1, 0.15) is 5.82 Å². The number of carbonyl (C=O) groups excluding carboxylic acids is 1. The Balaban J connectivity index is 1.85. The van der Waals surface area contributed by atoms with Crippen molar-refractivity contribution < 1.29 is 31.1 Å². The molecule has 10 heteroatoms. The van der Waals surface area contributed by atoms with Gasteiger partial charge in [0.2, 0.25) is 10.0 Å². The van der Waals surface area contributed by atoms with Crippen LogP contribution in [0.3, 0.4) is 0 Å². The Morgan fingerprint density at radius 2 is 2.06 bits per heavy atom. The molecule has 3 rings (SSSR count). The lowest BCUT2D eigenvalue weighted by Crippen LogP contribution is -2.48. The summed E-state index contributed by atoms with van der Waals surface area (Å²) in [6, 6.07) is 3.26. The molecule has 2 fully saturated rings. The van der Waals surface area contributed by atoms with Gasteiger partial charge in [-0.3, -0.25) is 0 Å². The van der Waals surface area contributed by atoms with Gasteiger partial charge >= 0.3 is 6.09 Å². The first-order chi connectivity index (χ1) is 15.3. The van der Waals surface area contributed by atoms with Crippen molar-refractivity contribution in [2.75, 3.05) is 18.9 Å². The molecule has 0 aromatic heterocycles. The summed E-state index contributed by atoms with van der Waals surface area (Å²) in [5.74, 6) is 2.06. The van der Waals surface area contributed by atoms with Crippen LogP contribution in [0.5, 0.6) is 0 Å². The van der Waals surface area contributed by atoms with Crippen molar-refractivity contribution in [1.29, 1.82) is 0 Å². The topological polar surface area (TPSA) is 75.7 Å². The van der Waals surface area contributed by atoms with E-state index in [0.29, 0.717) is 6.92 Å². The zero-order chi connectivity index (χ0) is 24.4. The van der Waals surface area contributed by atoms with Crippen LogP contribution in [0.1, 0.15) is 51.2 Å². The average molecular weight is 487 g/mol. The highest BCUT2D eigenvalue weighted by atomic mass is 32.2. The summed E-state index contributed by atoms with van der Waals surface area (Å²) < 4.78 is 73.1. The van der Waals surface area contributed by atoms with E-state index in [2.05, 4.69) is 16.6 Å². The second-order valence-corrected chi connectivity index (χ2v) is 11.1. The van der Waals surface area contributed by atoms with E-state index in [-0.39, 0.29) is 41.7 Å². The van der Waals surface area contributed by atoms with Crippen LogP contribution in [-0.4, -0.2) is 56.3 Å². The molecule has 6 nitrogen and oxygen atoms in total. The summed E-state index contributed by atoms with van der Waals surface area (Å²) in [5.41, 5.74) is 0.400. The van der Waals surface area contributed by atoms with E-state index in [1.165, 1.54) is 11.8 Å². The molecule has 182 valence electrons. The minimum absolute atomic E-state index is 0.0207. The number of benzene rings is 1. The molecule has 1 heterocycles. The molecule has 0 bridgehead atoms. The van der Waals surface area contributed by atoms with Crippen LogP contribution in [0.2, 0.25) is 0 Å². The first-order valence-electron chi connectivity index (χ1n) is 10.9. The number of alkyl halides is 2. The minimum Gasteiger partial charge on any atom is -0.443 e. The molecule has 1 aromatic rings. The first kappa shape index (κ1) is 25.4. The Bertz CT molecular complexity index is 1060. The third-order valence-corrected chi connectivity index (χ3v) is 7.37. The quantitative estimate of drug-likeness (QED) is 0.597. The van der Waals surface area contributed by atoms with Crippen molar-refractivity contribution in [1.82, 2.24) is 9.62 Å². The van der Waals surface area contributed by atoms with Gasteiger partial charge in [0, 0.05) is 24.9 Å². The van der Waals surface area contributed by atoms with E-state index in [1.807, 2.05) is 6.92 Å². The van der Waals surface area contributed by atoms with E-state index < -0.39 is 46.5 Å². The Morgan fingerprint density at radius 1 is 1.36 bits per heavy atom. The average Bonchev–Trinajstić information content (AvgIpc) is 3.35. The molecule has 1 saturated carbocycles. The zero-order valence-corrected chi connectivity index (χ0v) is 19.8. The smallest absolute Gasteiger partial charge is 0.410 e. The maximum absolute atomic E-state index is 15.2. The summed E-state index contributed by atoms with van der Waals surface area (Å²) in [4.78, 5) is 13.7. The van der Waals surface area contributed by atoms with Gasteiger partial charge in [-0.2, -0.15) is 0 Å². The number of rotatable bonds is 7. The highest BCUT2D eigenvalue weighted by Crippen LogP contribution is 2.44. The van der Waals surface area contributed by atoms with Crippen molar-refractivity contribution >= 4 is 16.1 Å². The van der Waals surface area contributed by atoms with Gasteiger partial charge in [-0.05, 0) is 51.2 Å². The second kappa shape index (κ2) is 9.55. The molecule has 1 aliphatic carbocycles. The molecule has 1 amide bonds. The zero-order valence-electron chi connectivity index (χ0n) is 19.0. The van der Waals surface area contributed by atoms with E-state index in [4.69, 9.17) is 4.74 Å². The Morgan fingerprint density at radius 3 is 2.67 bits per heavy atom. The number of nitrogens with zero attached hydrogens (tertiary/aromatic N) is 1. The summed E-state index contributed by atoms with van der Waals surface area (Å²) in [6.45, 7) is 3.11. The third kappa shape index (κ3) is 6.87. The molecular weight excluding hydrogens is 457 g/mol. The second-order valence-electron chi connectivity index (χ2n) is 9.10. The van der Waals surface area contributed by atoms with Crippen LogP contribution in [0, 0.1) is 23.1 Å². The lowest BCUT2D eigenvalue weighted by atomic mass is 9.98. The molecule has 0 spiro atoms. The van der Waals surface area contributed by atoms with Gasteiger partial charge in [0.15, 0.2) is 6.61 Å². The summed E-state index contributed by atoms with van der Waals surface area (Å²) in [7, 11) is -3.61. The van der Waals surface area contributed by atoms with E-state index >= 15 is 4.39 Å². The van der Waals surface area contributed by atoms with Gasteiger partial charge in [0.05, 0.1) is 17.4 Å². The number of carbonyl (C=O) groups is 1. The monoisotopic (exact) mass is 486 g/mol. The highest BCUT2D eigenvalue weighted by Gasteiger charge is 2.41. The number of amides is 1. The van der Waals surface area contributed by atoms with Gasteiger partial charge in [0.25, 0.3) is 5.92 Å². The number of hydrogen-bond donors (Lipinski definition) is 1. The molecule has 1 saturated heterocycles. The number of likely N-dealkylation sites (tertiary alicyclic amines) is 1.